The Balaban J connectivity index is 1.39. The molecule has 4 unspecified atom stereocenters. The third-order valence-corrected chi connectivity index (χ3v) is 8.05. The first kappa shape index (κ1) is 18.4. The number of fused-ring (bicyclic) bond motifs is 3. The third kappa shape index (κ3) is 2.78. The van der Waals surface area contributed by atoms with Crippen molar-refractivity contribution in [2.75, 3.05) is 0 Å². The van der Waals surface area contributed by atoms with Crippen molar-refractivity contribution in [3.63, 3.8) is 0 Å². The highest BCUT2D eigenvalue weighted by molar-refractivity contribution is 6.31. The van der Waals surface area contributed by atoms with Crippen LogP contribution in [-0.2, 0) is 5.41 Å². The van der Waals surface area contributed by atoms with Crippen LogP contribution in [-0.4, -0.2) is 26.4 Å². The van der Waals surface area contributed by atoms with Crippen LogP contribution in [0.15, 0.2) is 42.6 Å². The molecule has 5 nitrogen and oxygen atoms in total. The van der Waals surface area contributed by atoms with E-state index in [2.05, 4.69) is 15.3 Å². The number of nitrogens with zero attached hydrogens (tertiary/aromatic N) is 2. The summed E-state index contributed by atoms with van der Waals surface area (Å²) in [4.78, 5) is 26.0. The van der Waals surface area contributed by atoms with E-state index in [4.69, 9.17) is 16.6 Å². The standard InChI is InChI=1S/C24H25ClN4O/c25-17-6-7-18-20(11-17)28-22(27-18)23-12-15-4-3-8-24(14-23,16(10-15)13-23)29-21(30)19-5-1-2-9-26-19/h1-2,5-7,9,11,15-16H,3-4,8,10,12-14H2,(H,27,28)(H,29,30). The largest absolute Gasteiger partial charge is 0.345 e. The molecule has 2 heterocycles. The van der Waals surface area contributed by atoms with Crippen molar-refractivity contribution in [1.29, 1.82) is 0 Å². The molecule has 1 amide bonds. The van der Waals surface area contributed by atoms with E-state index in [9.17, 15) is 4.79 Å². The van der Waals surface area contributed by atoms with Gasteiger partial charge in [-0.3, -0.25) is 9.78 Å². The molecule has 30 heavy (non-hydrogen) atoms. The summed E-state index contributed by atoms with van der Waals surface area (Å²) in [6, 6.07) is 11.4. The Morgan fingerprint density at radius 1 is 1.23 bits per heavy atom. The molecular weight excluding hydrogens is 396 g/mol. The van der Waals surface area contributed by atoms with Crippen LogP contribution in [0, 0.1) is 11.8 Å². The van der Waals surface area contributed by atoms with Gasteiger partial charge in [0.1, 0.15) is 11.5 Å². The van der Waals surface area contributed by atoms with Crippen molar-refractivity contribution in [2.24, 2.45) is 11.8 Å². The molecule has 2 aromatic heterocycles. The van der Waals surface area contributed by atoms with Crippen molar-refractivity contribution in [2.45, 2.75) is 55.9 Å². The van der Waals surface area contributed by atoms with Crippen molar-refractivity contribution in [3.05, 3.63) is 59.1 Å². The number of H-pyrrole nitrogens is 1. The number of nitrogens with one attached hydrogen (secondary N) is 2. The van der Waals surface area contributed by atoms with E-state index in [0.29, 0.717) is 17.5 Å². The van der Waals surface area contributed by atoms with Crippen LogP contribution in [0.25, 0.3) is 11.0 Å². The van der Waals surface area contributed by atoms with Crippen LogP contribution in [0.4, 0.5) is 0 Å². The number of aromatic amines is 1. The maximum absolute atomic E-state index is 13.1. The first-order chi connectivity index (χ1) is 14.6. The van der Waals surface area contributed by atoms with Crippen molar-refractivity contribution >= 4 is 28.5 Å². The summed E-state index contributed by atoms with van der Waals surface area (Å²) in [6.07, 6.45) is 9.53. The molecule has 1 aromatic carbocycles. The van der Waals surface area contributed by atoms with Crippen molar-refractivity contribution in [3.8, 4) is 0 Å². The number of rotatable bonds is 3. The zero-order chi connectivity index (χ0) is 20.3. The molecule has 0 aliphatic heterocycles. The molecule has 2 N–H and O–H groups in total. The number of amides is 1. The zero-order valence-corrected chi connectivity index (χ0v) is 17.6. The highest BCUT2D eigenvalue weighted by Gasteiger charge is 2.61. The van der Waals surface area contributed by atoms with Crippen LogP contribution < -0.4 is 5.32 Å². The lowest BCUT2D eigenvalue weighted by Gasteiger charge is -2.36. The van der Waals surface area contributed by atoms with Crippen LogP contribution in [0.3, 0.4) is 0 Å². The van der Waals surface area contributed by atoms with Gasteiger partial charge in [-0.25, -0.2) is 4.98 Å². The molecule has 154 valence electrons. The quantitative estimate of drug-likeness (QED) is 0.624. The number of pyridine rings is 1. The molecule has 0 saturated heterocycles. The van der Waals surface area contributed by atoms with Gasteiger partial charge in [-0.15, -0.1) is 0 Å². The van der Waals surface area contributed by atoms with E-state index < -0.39 is 0 Å². The maximum atomic E-state index is 13.1. The molecule has 3 aliphatic carbocycles. The van der Waals surface area contributed by atoms with Gasteiger partial charge < -0.3 is 10.3 Å². The molecular formula is C24H25ClN4O. The number of benzene rings is 1. The maximum Gasteiger partial charge on any atom is 0.270 e. The highest BCUT2D eigenvalue weighted by atomic mass is 35.5. The van der Waals surface area contributed by atoms with E-state index in [1.54, 1.807) is 12.3 Å². The number of hydrogen-bond acceptors (Lipinski definition) is 3. The number of imidazole rings is 1. The van der Waals surface area contributed by atoms with E-state index >= 15 is 0 Å². The van der Waals surface area contributed by atoms with Gasteiger partial charge in [0.15, 0.2) is 0 Å². The fraction of sp³-hybridized carbons (Fsp3) is 0.458. The van der Waals surface area contributed by atoms with Gasteiger partial charge in [0.05, 0.1) is 11.0 Å². The fourth-order valence-electron chi connectivity index (χ4n) is 6.71. The minimum absolute atomic E-state index is 0.00308. The van der Waals surface area contributed by atoms with Gasteiger partial charge in [0, 0.05) is 22.2 Å². The minimum Gasteiger partial charge on any atom is -0.345 e. The molecule has 3 fully saturated rings. The Morgan fingerprint density at radius 2 is 2.17 bits per heavy atom. The molecule has 3 aromatic rings. The predicted octanol–water partition coefficient (Wildman–Crippen LogP) is 5.02. The zero-order valence-electron chi connectivity index (χ0n) is 16.8. The summed E-state index contributed by atoms with van der Waals surface area (Å²) in [6.45, 7) is 0. The Bertz CT molecular complexity index is 1130. The van der Waals surface area contributed by atoms with Crippen LogP contribution in [0.5, 0.6) is 0 Å². The average Bonchev–Trinajstić information content (AvgIpc) is 3.22. The van der Waals surface area contributed by atoms with Crippen LogP contribution in [0.2, 0.25) is 5.02 Å². The molecule has 3 saturated carbocycles. The number of halogens is 1. The lowest BCUT2D eigenvalue weighted by molar-refractivity contribution is 0.0856. The Kier molecular flexibility index (Phi) is 4.01. The first-order valence-corrected chi connectivity index (χ1v) is 11.3. The molecule has 6 heteroatoms. The molecule has 0 radical (unpaired) electrons. The van der Waals surface area contributed by atoms with Crippen LogP contribution >= 0.6 is 11.6 Å². The molecule has 0 spiro atoms. The lowest BCUT2D eigenvalue weighted by atomic mass is 9.69. The molecule has 4 atom stereocenters. The molecule has 3 aliphatic rings. The fourth-order valence-corrected chi connectivity index (χ4v) is 6.89. The second-order valence-corrected chi connectivity index (χ2v) is 10.1. The minimum atomic E-state index is -0.170. The second kappa shape index (κ2) is 6.55. The SMILES string of the molecule is O=C(NC12CCCC3CC1CC(c1nc4ccc(Cl)cc4[nH]1)(C3)C2)c1ccccn1. The Labute approximate surface area is 180 Å². The van der Waals surface area contributed by atoms with E-state index in [1.807, 2.05) is 30.3 Å². The number of carbonyl (C=O) groups is 1. The summed E-state index contributed by atoms with van der Waals surface area (Å²) < 4.78 is 0. The lowest BCUT2D eigenvalue weighted by Crippen LogP contribution is -2.51. The van der Waals surface area contributed by atoms with Gasteiger partial charge in [-0.1, -0.05) is 30.5 Å². The first-order valence-electron chi connectivity index (χ1n) is 10.9. The molecule has 6 rings (SSSR count). The van der Waals surface area contributed by atoms with Gasteiger partial charge in [0.2, 0.25) is 0 Å². The van der Waals surface area contributed by atoms with Gasteiger partial charge in [-0.2, -0.15) is 0 Å². The topological polar surface area (TPSA) is 70.7 Å². The van der Waals surface area contributed by atoms with Gasteiger partial charge >= 0.3 is 0 Å². The third-order valence-electron chi connectivity index (χ3n) is 7.81. The number of hydrogen-bond donors (Lipinski definition) is 2. The summed E-state index contributed by atoms with van der Waals surface area (Å²) in [7, 11) is 0. The Hall–Kier alpha value is -2.40. The average molecular weight is 421 g/mol. The van der Waals surface area contributed by atoms with E-state index in [1.165, 1.54) is 19.3 Å². The highest BCUT2D eigenvalue weighted by Crippen LogP contribution is 2.62. The second-order valence-electron chi connectivity index (χ2n) is 9.63. The summed E-state index contributed by atoms with van der Waals surface area (Å²) in [5.41, 5.74) is 2.29. The van der Waals surface area contributed by atoms with Crippen molar-refractivity contribution in [1.82, 2.24) is 20.3 Å². The van der Waals surface area contributed by atoms with Crippen LogP contribution in [0.1, 0.15) is 61.3 Å². The van der Waals surface area contributed by atoms with Gasteiger partial charge in [-0.05, 0) is 74.3 Å². The molecule has 3 bridgehead atoms. The number of carbonyl (C=O) groups excluding carboxylic acids is 1. The summed E-state index contributed by atoms with van der Waals surface area (Å²) >= 11 is 6.20. The summed E-state index contributed by atoms with van der Waals surface area (Å²) in [5.74, 6) is 2.22. The van der Waals surface area contributed by atoms with Crippen molar-refractivity contribution < 1.29 is 4.79 Å². The van der Waals surface area contributed by atoms with E-state index in [-0.39, 0.29) is 16.9 Å². The summed E-state index contributed by atoms with van der Waals surface area (Å²) in [5, 5.41) is 4.20. The normalized spacial score (nSPS) is 32.3. The monoisotopic (exact) mass is 420 g/mol. The van der Waals surface area contributed by atoms with Gasteiger partial charge in [0.25, 0.3) is 5.91 Å². The predicted molar refractivity (Wildman–Crippen MR) is 117 cm³/mol. The smallest absolute Gasteiger partial charge is 0.270 e. The Morgan fingerprint density at radius 3 is 3.03 bits per heavy atom. The number of aromatic nitrogens is 3. The van der Waals surface area contributed by atoms with E-state index in [0.717, 1.165) is 47.6 Å².